The Morgan fingerprint density at radius 1 is 1.40 bits per heavy atom. The first-order valence-corrected chi connectivity index (χ1v) is 7.71. The lowest BCUT2D eigenvalue weighted by atomic mass is 10.3. The molecule has 1 unspecified atom stereocenters. The Morgan fingerprint density at radius 2 is 2.00 bits per heavy atom. The molecule has 5 heteroatoms. The van der Waals surface area contributed by atoms with Crippen LogP contribution in [0.3, 0.4) is 0 Å². The molecule has 0 saturated heterocycles. The van der Waals surface area contributed by atoms with Crippen LogP contribution in [-0.4, -0.2) is 26.5 Å². The fourth-order valence-electron chi connectivity index (χ4n) is 1.34. The van der Waals surface area contributed by atoms with E-state index in [9.17, 15) is 8.42 Å². The number of hydrogen-bond acceptors (Lipinski definition) is 3. The summed E-state index contributed by atoms with van der Waals surface area (Å²) in [5, 5.41) is 3.18. The van der Waals surface area contributed by atoms with Crippen LogP contribution in [0.5, 0.6) is 0 Å². The molecule has 0 aliphatic rings. The van der Waals surface area contributed by atoms with Crippen molar-refractivity contribution in [2.75, 3.05) is 17.3 Å². The maximum absolute atomic E-state index is 11.1. The number of benzene rings is 1. The quantitative estimate of drug-likeness (QED) is 0.855. The number of nitrogens with one attached hydrogen (secondary N) is 1. The van der Waals surface area contributed by atoms with Gasteiger partial charge in [0.15, 0.2) is 0 Å². The van der Waals surface area contributed by atoms with Crippen molar-refractivity contribution < 1.29 is 8.42 Å². The van der Waals surface area contributed by atoms with E-state index in [4.69, 9.17) is 0 Å². The average Bonchev–Trinajstić information content (AvgIpc) is 2.05. The number of halogens is 1. The normalized spacial score (nSPS) is 13.5. The predicted molar refractivity (Wildman–Crippen MR) is 72.0 cm³/mol. The van der Waals surface area contributed by atoms with E-state index in [0.717, 1.165) is 9.26 Å². The molecular weight excluding hydrogens is 325 g/mol. The van der Waals surface area contributed by atoms with Crippen molar-refractivity contribution in [3.63, 3.8) is 0 Å². The molecule has 1 aromatic rings. The van der Waals surface area contributed by atoms with Gasteiger partial charge in [0.25, 0.3) is 0 Å². The van der Waals surface area contributed by atoms with E-state index >= 15 is 0 Å². The molecule has 1 atom stereocenters. The van der Waals surface area contributed by atoms with Crippen molar-refractivity contribution in [3.05, 3.63) is 27.8 Å². The van der Waals surface area contributed by atoms with Crippen LogP contribution in [-0.2, 0) is 9.84 Å². The fourth-order valence-corrected chi connectivity index (χ4v) is 2.87. The second-order valence-electron chi connectivity index (χ2n) is 3.62. The van der Waals surface area contributed by atoms with Crippen LogP contribution >= 0.6 is 22.6 Å². The zero-order chi connectivity index (χ0) is 11.5. The molecule has 0 aliphatic carbocycles. The highest BCUT2D eigenvalue weighted by Crippen LogP contribution is 2.17. The van der Waals surface area contributed by atoms with Gasteiger partial charge in [0, 0.05) is 21.6 Å². The van der Waals surface area contributed by atoms with Crippen LogP contribution in [0.2, 0.25) is 0 Å². The summed E-state index contributed by atoms with van der Waals surface area (Å²) >= 11 is 2.22. The number of para-hydroxylation sites is 1. The van der Waals surface area contributed by atoms with E-state index in [1.54, 1.807) is 0 Å². The van der Waals surface area contributed by atoms with Gasteiger partial charge in [0.05, 0.1) is 5.75 Å². The molecule has 0 spiro atoms. The second-order valence-corrected chi connectivity index (χ2v) is 6.96. The lowest BCUT2D eigenvalue weighted by molar-refractivity contribution is 0.598. The van der Waals surface area contributed by atoms with Crippen molar-refractivity contribution in [1.29, 1.82) is 0 Å². The van der Waals surface area contributed by atoms with Crippen LogP contribution in [0, 0.1) is 3.57 Å². The predicted octanol–water partition coefficient (Wildman–Crippen LogP) is 2.14. The Bertz CT molecular complexity index is 431. The van der Waals surface area contributed by atoms with Gasteiger partial charge in [-0.1, -0.05) is 12.1 Å². The monoisotopic (exact) mass is 339 g/mol. The van der Waals surface area contributed by atoms with Gasteiger partial charge in [-0.15, -0.1) is 0 Å². The standard InChI is InChI=1S/C10H14INO2S/c1-8(7-15(2,13)14)12-10-6-4-3-5-9(10)11/h3-6,8,12H,7H2,1-2H3. The van der Waals surface area contributed by atoms with E-state index < -0.39 is 9.84 Å². The lowest BCUT2D eigenvalue weighted by Gasteiger charge is -2.15. The number of hydrogen-bond donors (Lipinski definition) is 1. The van der Waals surface area contributed by atoms with Crippen molar-refractivity contribution in [2.45, 2.75) is 13.0 Å². The molecule has 0 amide bonds. The number of sulfone groups is 1. The molecule has 1 N–H and O–H groups in total. The van der Waals surface area contributed by atoms with Gasteiger partial charge in [-0.3, -0.25) is 0 Å². The SMILES string of the molecule is CC(CS(C)(=O)=O)Nc1ccccc1I. The molecular formula is C10H14INO2S. The highest BCUT2D eigenvalue weighted by molar-refractivity contribution is 14.1. The first-order valence-electron chi connectivity index (χ1n) is 4.57. The first-order chi connectivity index (χ1) is 6.88. The summed E-state index contributed by atoms with van der Waals surface area (Å²) in [5.41, 5.74) is 0.981. The summed E-state index contributed by atoms with van der Waals surface area (Å²) in [6, 6.07) is 7.73. The summed E-state index contributed by atoms with van der Waals surface area (Å²) in [7, 11) is -2.92. The van der Waals surface area contributed by atoms with E-state index in [2.05, 4.69) is 27.9 Å². The van der Waals surface area contributed by atoms with Gasteiger partial charge in [-0.25, -0.2) is 8.42 Å². The van der Waals surface area contributed by atoms with Crippen LogP contribution in [0.1, 0.15) is 6.92 Å². The second kappa shape index (κ2) is 5.16. The zero-order valence-corrected chi connectivity index (χ0v) is 11.7. The van der Waals surface area contributed by atoms with Crippen LogP contribution in [0.15, 0.2) is 24.3 Å². The van der Waals surface area contributed by atoms with Gasteiger partial charge < -0.3 is 5.32 Å². The Hall–Kier alpha value is -0.300. The van der Waals surface area contributed by atoms with E-state index in [1.807, 2.05) is 31.2 Å². The fraction of sp³-hybridized carbons (Fsp3) is 0.400. The molecule has 0 bridgehead atoms. The van der Waals surface area contributed by atoms with Gasteiger partial charge >= 0.3 is 0 Å². The smallest absolute Gasteiger partial charge is 0.149 e. The van der Waals surface area contributed by atoms with Crippen molar-refractivity contribution in [2.24, 2.45) is 0 Å². The largest absolute Gasteiger partial charge is 0.381 e. The molecule has 84 valence electrons. The van der Waals surface area contributed by atoms with Crippen LogP contribution < -0.4 is 5.32 Å². The molecule has 0 saturated carbocycles. The Kier molecular flexibility index (Phi) is 4.39. The minimum absolute atomic E-state index is 0.0732. The summed E-state index contributed by atoms with van der Waals surface area (Å²) < 4.78 is 23.2. The topological polar surface area (TPSA) is 46.2 Å². The summed E-state index contributed by atoms with van der Waals surface area (Å²) in [5.74, 6) is 0.151. The summed E-state index contributed by atoms with van der Waals surface area (Å²) in [6.45, 7) is 1.87. The molecule has 0 heterocycles. The van der Waals surface area contributed by atoms with Gasteiger partial charge in [0.2, 0.25) is 0 Å². The molecule has 0 aromatic heterocycles. The molecule has 0 radical (unpaired) electrons. The highest BCUT2D eigenvalue weighted by atomic mass is 127. The van der Waals surface area contributed by atoms with E-state index in [0.29, 0.717) is 0 Å². The Morgan fingerprint density at radius 3 is 2.53 bits per heavy atom. The Balaban J connectivity index is 2.67. The molecule has 3 nitrogen and oxygen atoms in total. The van der Waals surface area contributed by atoms with Crippen molar-refractivity contribution in [1.82, 2.24) is 0 Å². The average molecular weight is 339 g/mol. The lowest BCUT2D eigenvalue weighted by Crippen LogP contribution is -2.25. The van der Waals surface area contributed by atoms with Crippen LogP contribution in [0.25, 0.3) is 0 Å². The van der Waals surface area contributed by atoms with E-state index in [-0.39, 0.29) is 11.8 Å². The maximum atomic E-state index is 11.1. The minimum Gasteiger partial charge on any atom is -0.381 e. The molecule has 0 aliphatic heterocycles. The summed E-state index contributed by atoms with van der Waals surface area (Å²) in [4.78, 5) is 0. The van der Waals surface area contributed by atoms with Gasteiger partial charge in [-0.05, 0) is 41.6 Å². The van der Waals surface area contributed by atoms with Crippen molar-refractivity contribution >= 4 is 38.1 Å². The van der Waals surface area contributed by atoms with Gasteiger partial charge in [-0.2, -0.15) is 0 Å². The van der Waals surface area contributed by atoms with Crippen molar-refractivity contribution in [3.8, 4) is 0 Å². The maximum Gasteiger partial charge on any atom is 0.149 e. The third-order valence-electron chi connectivity index (χ3n) is 1.83. The third-order valence-corrected chi connectivity index (χ3v) is 3.87. The highest BCUT2D eigenvalue weighted by Gasteiger charge is 2.10. The molecule has 1 aromatic carbocycles. The molecule has 15 heavy (non-hydrogen) atoms. The summed E-state index contributed by atoms with van der Waals surface area (Å²) in [6.07, 6.45) is 1.25. The van der Waals surface area contributed by atoms with Crippen LogP contribution in [0.4, 0.5) is 5.69 Å². The molecule has 1 rings (SSSR count). The van der Waals surface area contributed by atoms with E-state index in [1.165, 1.54) is 6.26 Å². The first kappa shape index (κ1) is 12.8. The zero-order valence-electron chi connectivity index (χ0n) is 8.70. The Labute approximate surface area is 104 Å². The molecule has 0 fully saturated rings. The third kappa shape index (κ3) is 4.83. The number of anilines is 1. The number of rotatable bonds is 4. The minimum atomic E-state index is -2.92. The van der Waals surface area contributed by atoms with Gasteiger partial charge in [0.1, 0.15) is 9.84 Å².